The maximum absolute atomic E-state index is 11.8. The topological polar surface area (TPSA) is 72.9 Å². The number of thiophene rings is 1. The number of anilines is 1. The van der Waals surface area contributed by atoms with Crippen LogP contribution in [0.5, 0.6) is 0 Å². The van der Waals surface area contributed by atoms with Crippen LogP contribution in [0.3, 0.4) is 0 Å². The van der Waals surface area contributed by atoms with E-state index in [0.29, 0.717) is 5.69 Å². The zero-order valence-electron chi connectivity index (χ0n) is 9.46. The minimum Gasteiger partial charge on any atom is -0.322 e. The quantitative estimate of drug-likeness (QED) is 0.865. The number of aromatic nitrogens is 2. The molecular formula is C11H14N4OS. The second-order valence-corrected chi connectivity index (χ2v) is 4.55. The molecule has 90 valence electrons. The smallest absolute Gasteiger partial charge is 0.246 e. The van der Waals surface area contributed by atoms with Crippen LogP contribution in [0.15, 0.2) is 29.9 Å². The number of nitrogens with zero attached hydrogens (tertiary/aromatic N) is 2. The molecule has 0 fully saturated rings. The lowest BCUT2D eigenvalue weighted by Gasteiger charge is -2.08. The van der Waals surface area contributed by atoms with Gasteiger partial charge in [0, 0.05) is 17.6 Å². The molecule has 0 radical (unpaired) electrons. The summed E-state index contributed by atoms with van der Waals surface area (Å²) in [6.45, 7) is 2.75. The lowest BCUT2D eigenvalue weighted by atomic mass is 10.2. The van der Waals surface area contributed by atoms with E-state index in [4.69, 9.17) is 5.73 Å². The third-order valence-corrected chi connectivity index (χ3v) is 3.31. The fourth-order valence-corrected chi connectivity index (χ4v) is 2.14. The van der Waals surface area contributed by atoms with Gasteiger partial charge in [-0.25, -0.2) is 0 Å². The number of hydrogen-bond acceptors (Lipinski definition) is 4. The Balaban J connectivity index is 2.01. The van der Waals surface area contributed by atoms with Crippen LogP contribution in [0.1, 0.15) is 17.8 Å². The lowest BCUT2D eigenvalue weighted by Crippen LogP contribution is -2.26. The van der Waals surface area contributed by atoms with Crippen molar-refractivity contribution in [1.82, 2.24) is 9.78 Å². The van der Waals surface area contributed by atoms with E-state index >= 15 is 0 Å². The van der Waals surface area contributed by atoms with Crippen LogP contribution >= 0.6 is 11.3 Å². The Kier molecular flexibility index (Phi) is 3.55. The Morgan fingerprint density at radius 1 is 1.71 bits per heavy atom. The number of carbonyl (C=O) groups is 1. The SMILES string of the molecule is CCn1cc(NC(=O)C(N)c2cccs2)cn1. The molecule has 3 N–H and O–H groups in total. The molecule has 5 nitrogen and oxygen atoms in total. The number of nitrogens with one attached hydrogen (secondary N) is 1. The van der Waals surface area contributed by atoms with Gasteiger partial charge in [0.25, 0.3) is 0 Å². The van der Waals surface area contributed by atoms with Gasteiger partial charge in [0.2, 0.25) is 5.91 Å². The molecule has 0 spiro atoms. The predicted molar refractivity (Wildman–Crippen MR) is 67.8 cm³/mol. The molecule has 0 bridgehead atoms. The number of amides is 1. The van der Waals surface area contributed by atoms with Crippen LogP contribution in [-0.4, -0.2) is 15.7 Å². The van der Waals surface area contributed by atoms with Crippen molar-refractivity contribution in [2.24, 2.45) is 5.73 Å². The molecule has 0 saturated heterocycles. The molecule has 1 amide bonds. The van der Waals surface area contributed by atoms with E-state index in [9.17, 15) is 4.79 Å². The molecule has 6 heteroatoms. The summed E-state index contributed by atoms with van der Waals surface area (Å²) in [6.07, 6.45) is 3.39. The molecule has 2 aromatic rings. The zero-order chi connectivity index (χ0) is 12.3. The Bertz CT molecular complexity index is 491. The van der Waals surface area contributed by atoms with Gasteiger partial charge in [-0.05, 0) is 18.4 Å². The molecule has 17 heavy (non-hydrogen) atoms. The molecule has 1 atom stereocenters. The Hall–Kier alpha value is -1.66. The Morgan fingerprint density at radius 2 is 2.53 bits per heavy atom. The summed E-state index contributed by atoms with van der Waals surface area (Å²) in [5.41, 5.74) is 6.51. The summed E-state index contributed by atoms with van der Waals surface area (Å²) < 4.78 is 1.74. The van der Waals surface area contributed by atoms with Gasteiger partial charge in [-0.1, -0.05) is 6.07 Å². The highest BCUT2D eigenvalue weighted by molar-refractivity contribution is 7.10. The number of hydrogen-bond donors (Lipinski definition) is 2. The number of nitrogens with two attached hydrogens (primary N) is 1. The van der Waals surface area contributed by atoms with Gasteiger partial charge in [0.1, 0.15) is 6.04 Å². The average molecular weight is 250 g/mol. The molecule has 0 saturated carbocycles. The summed E-state index contributed by atoms with van der Waals surface area (Å²) >= 11 is 1.47. The van der Waals surface area contributed by atoms with Crippen LogP contribution in [0.4, 0.5) is 5.69 Å². The first-order valence-corrected chi connectivity index (χ1v) is 6.21. The Morgan fingerprint density at radius 3 is 3.12 bits per heavy atom. The minimum absolute atomic E-state index is 0.219. The molecule has 0 aliphatic carbocycles. The zero-order valence-corrected chi connectivity index (χ0v) is 10.3. The third kappa shape index (κ3) is 2.72. The van der Waals surface area contributed by atoms with Crippen molar-refractivity contribution in [2.45, 2.75) is 19.5 Å². The van der Waals surface area contributed by atoms with E-state index in [-0.39, 0.29) is 5.91 Å². The van der Waals surface area contributed by atoms with Crippen LogP contribution in [-0.2, 0) is 11.3 Å². The first kappa shape index (κ1) is 11.8. The first-order chi connectivity index (χ1) is 8.20. The molecule has 2 aromatic heterocycles. The van der Waals surface area contributed by atoms with Crippen molar-refractivity contribution in [3.63, 3.8) is 0 Å². The highest BCUT2D eigenvalue weighted by Gasteiger charge is 2.17. The van der Waals surface area contributed by atoms with Gasteiger partial charge in [0.05, 0.1) is 11.9 Å². The van der Waals surface area contributed by atoms with E-state index in [1.54, 1.807) is 17.1 Å². The van der Waals surface area contributed by atoms with Crippen molar-refractivity contribution < 1.29 is 4.79 Å². The van der Waals surface area contributed by atoms with Crippen molar-refractivity contribution >= 4 is 22.9 Å². The largest absolute Gasteiger partial charge is 0.322 e. The monoisotopic (exact) mass is 250 g/mol. The van der Waals surface area contributed by atoms with Crippen molar-refractivity contribution in [3.8, 4) is 0 Å². The molecule has 1 unspecified atom stereocenters. The predicted octanol–water partition coefficient (Wildman–Crippen LogP) is 1.60. The van der Waals surface area contributed by atoms with Gasteiger partial charge < -0.3 is 11.1 Å². The molecular weight excluding hydrogens is 236 g/mol. The van der Waals surface area contributed by atoms with Gasteiger partial charge >= 0.3 is 0 Å². The first-order valence-electron chi connectivity index (χ1n) is 5.33. The van der Waals surface area contributed by atoms with Gasteiger partial charge in [-0.15, -0.1) is 11.3 Å². The van der Waals surface area contributed by atoms with E-state index in [0.717, 1.165) is 11.4 Å². The molecule has 2 rings (SSSR count). The molecule has 0 aliphatic rings. The second-order valence-electron chi connectivity index (χ2n) is 3.57. The van der Waals surface area contributed by atoms with Crippen molar-refractivity contribution in [2.75, 3.05) is 5.32 Å². The van der Waals surface area contributed by atoms with Crippen LogP contribution in [0.25, 0.3) is 0 Å². The maximum atomic E-state index is 11.8. The van der Waals surface area contributed by atoms with E-state index in [2.05, 4.69) is 10.4 Å². The molecule has 2 heterocycles. The summed E-state index contributed by atoms with van der Waals surface area (Å²) in [4.78, 5) is 12.7. The van der Waals surface area contributed by atoms with Gasteiger partial charge in [0.15, 0.2) is 0 Å². The highest BCUT2D eigenvalue weighted by Crippen LogP contribution is 2.18. The van der Waals surface area contributed by atoms with E-state index in [1.165, 1.54) is 11.3 Å². The average Bonchev–Trinajstić information content (AvgIpc) is 2.98. The molecule has 0 aromatic carbocycles. The fraction of sp³-hybridized carbons (Fsp3) is 0.273. The third-order valence-electron chi connectivity index (χ3n) is 2.36. The highest BCUT2D eigenvalue weighted by atomic mass is 32.1. The van der Waals surface area contributed by atoms with Crippen LogP contribution in [0, 0.1) is 0 Å². The fourth-order valence-electron chi connectivity index (χ4n) is 1.42. The van der Waals surface area contributed by atoms with Crippen LogP contribution in [0.2, 0.25) is 0 Å². The maximum Gasteiger partial charge on any atom is 0.246 e. The summed E-state index contributed by atoms with van der Waals surface area (Å²) in [5.74, 6) is -0.219. The van der Waals surface area contributed by atoms with Gasteiger partial charge in [-0.2, -0.15) is 5.10 Å². The minimum atomic E-state index is -0.625. The van der Waals surface area contributed by atoms with E-state index < -0.39 is 6.04 Å². The summed E-state index contributed by atoms with van der Waals surface area (Å²) in [7, 11) is 0. The Labute approximate surface area is 103 Å². The van der Waals surface area contributed by atoms with E-state index in [1.807, 2.05) is 24.4 Å². The van der Waals surface area contributed by atoms with Crippen molar-refractivity contribution in [1.29, 1.82) is 0 Å². The normalized spacial score (nSPS) is 12.4. The van der Waals surface area contributed by atoms with Crippen LogP contribution < -0.4 is 11.1 Å². The number of carbonyl (C=O) groups excluding carboxylic acids is 1. The van der Waals surface area contributed by atoms with Crippen molar-refractivity contribution in [3.05, 3.63) is 34.8 Å². The lowest BCUT2D eigenvalue weighted by molar-refractivity contribution is -0.117. The summed E-state index contributed by atoms with van der Waals surface area (Å²) in [6, 6.07) is 3.10. The van der Waals surface area contributed by atoms with Gasteiger partial charge in [-0.3, -0.25) is 9.48 Å². The molecule has 0 aliphatic heterocycles. The summed E-state index contributed by atoms with van der Waals surface area (Å²) in [5, 5.41) is 8.72. The number of aryl methyl sites for hydroxylation is 1. The second kappa shape index (κ2) is 5.11. The number of rotatable bonds is 4. The standard InChI is InChI=1S/C11H14N4OS/c1-2-15-7-8(6-13-15)14-11(16)10(12)9-4-3-5-17-9/h3-7,10H,2,12H2,1H3,(H,14,16).